The van der Waals surface area contributed by atoms with Gasteiger partial charge in [-0.05, 0) is 49.7 Å². The summed E-state index contributed by atoms with van der Waals surface area (Å²) in [6.45, 7) is 0. The fraction of sp³-hybridized carbons (Fsp3) is 0.412. The van der Waals surface area contributed by atoms with E-state index in [2.05, 4.69) is 4.98 Å². The normalized spacial score (nSPS) is 17.8. The highest BCUT2D eigenvalue weighted by Crippen LogP contribution is 2.48. The third kappa shape index (κ3) is 2.60. The van der Waals surface area contributed by atoms with Crippen molar-refractivity contribution in [3.8, 4) is 0 Å². The molecular formula is C17H18N2OS. The van der Waals surface area contributed by atoms with Gasteiger partial charge in [-0.3, -0.25) is 9.69 Å². The first-order chi connectivity index (χ1) is 10.2. The van der Waals surface area contributed by atoms with Crippen molar-refractivity contribution >= 4 is 32.6 Å². The van der Waals surface area contributed by atoms with E-state index < -0.39 is 0 Å². The van der Waals surface area contributed by atoms with Gasteiger partial charge in [-0.15, -0.1) is 0 Å². The molecule has 1 amide bonds. The number of aromatic nitrogens is 1. The maximum atomic E-state index is 12.5. The van der Waals surface area contributed by atoms with Crippen molar-refractivity contribution in [2.75, 3.05) is 11.9 Å². The fourth-order valence-corrected chi connectivity index (χ4v) is 3.67. The Kier molecular flexibility index (Phi) is 3.07. The largest absolute Gasteiger partial charge is 0.288 e. The number of anilines is 1. The molecule has 4 rings (SSSR count). The van der Waals surface area contributed by atoms with Gasteiger partial charge in [0.05, 0.1) is 10.2 Å². The number of rotatable bonds is 4. The number of benzene rings is 1. The molecule has 1 aromatic carbocycles. The van der Waals surface area contributed by atoms with Gasteiger partial charge in [0.25, 0.3) is 5.91 Å². The number of thiazole rings is 1. The summed E-state index contributed by atoms with van der Waals surface area (Å²) in [5, 5.41) is 0.781. The number of amides is 1. The molecule has 0 bridgehead atoms. The van der Waals surface area contributed by atoms with Crippen LogP contribution < -0.4 is 4.90 Å². The quantitative estimate of drug-likeness (QED) is 0.799. The van der Waals surface area contributed by atoms with E-state index >= 15 is 0 Å². The van der Waals surface area contributed by atoms with Crippen molar-refractivity contribution < 1.29 is 4.79 Å². The number of carbonyl (C=O) groups is 1. The van der Waals surface area contributed by atoms with Crippen LogP contribution in [0.2, 0.25) is 0 Å². The first kappa shape index (κ1) is 13.0. The molecule has 0 saturated heterocycles. The van der Waals surface area contributed by atoms with Crippen LogP contribution in [0.3, 0.4) is 0 Å². The Balaban J connectivity index is 1.59. The van der Waals surface area contributed by atoms with Crippen LogP contribution in [-0.4, -0.2) is 17.9 Å². The molecule has 2 saturated carbocycles. The number of likely N-dealkylation sites (N-methyl/N-ethyl adjacent to an activating group) is 1. The highest BCUT2D eigenvalue weighted by atomic mass is 32.1. The average molecular weight is 298 g/mol. The van der Waals surface area contributed by atoms with Gasteiger partial charge in [0.1, 0.15) is 0 Å². The van der Waals surface area contributed by atoms with E-state index in [-0.39, 0.29) is 5.91 Å². The zero-order chi connectivity index (χ0) is 14.4. The van der Waals surface area contributed by atoms with Crippen LogP contribution in [0, 0.1) is 11.8 Å². The number of nitrogens with zero attached hydrogens (tertiary/aromatic N) is 2. The van der Waals surface area contributed by atoms with E-state index in [0.717, 1.165) is 15.3 Å². The molecule has 21 heavy (non-hydrogen) atoms. The van der Waals surface area contributed by atoms with Gasteiger partial charge in [-0.25, -0.2) is 4.98 Å². The molecule has 108 valence electrons. The van der Waals surface area contributed by atoms with Gasteiger partial charge < -0.3 is 0 Å². The van der Waals surface area contributed by atoms with Crippen LogP contribution in [0.25, 0.3) is 10.2 Å². The van der Waals surface area contributed by atoms with E-state index in [1.807, 2.05) is 37.4 Å². The van der Waals surface area contributed by atoms with Crippen molar-refractivity contribution in [3.63, 3.8) is 0 Å². The molecule has 1 heterocycles. The molecule has 4 heteroatoms. The highest BCUT2D eigenvalue weighted by Gasteiger charge is 2.37. The van der Waals surface area contributed by atoms with Crippen molar-refractivity contribution in [2.45, 2.75) is 25.7 Å². The minimum Gasteiger partial charge on any atom is -0.288 e. The van der Waals surface area contributed by atoms with E-state index in [4.69, 9.17) is 0 Å². The number of allylic oxidation sites excluding steroid dienone is 1. The van der Waals surface area contributed by atoms with E-state index in [1.165, 1.54) is 31.3 Å². The van der Waals surface area contributed by atoms with Crippen LogP contribution in [0.15, 0.2) is 35.9 Å². The van der Waals surface area contributed by atoms with Gasteiger partial charge in [0.15, 0.2) is 5.13 Å². The summed E-state index contributed by atoms with van der Waals surface area (Å²) in [4.78, 5) is 18.8. The number of fused-ring (bicyclic) bond motifs is 1. The Bertz CT molecular complexity index is 678. The number of para-hydroxylation sites is 1. The smallest absolute Gasteiger partial charge is 0.252 e. The summed E-state index contributed by atoms with van der Waals surface area (Å²) in [5.41, 5.74) is 2.36. The summed E-state index contributed by atoms with van der Waals surface area (Å²) in [6.07, 6.45) is 6.95. The molecule has 0 aliphatic heterocycles. The standard InChI is InChI=1S/C17H18N2OS/c1-19(17-18-14-4-2-3-5-15(14)21-17)16(20)10-13(11-6-7-11)12-8-9-12/h2-5,10-12H,6-9H2,1H3. The predicted molar refractivity (Wildman–Crippen MR) is 86.6 cm³/mol. The van der Waals surface area contributed by atoms with Crippen molar-refractivity contribution in [2.24, 2.45) is 11.8 Å². The van der Waals surface area contributed by atoms with Gasteiger partial charge in [0.2, 0.25) is 0 Å². The first-order valence-electron chi connectivity index (χ1n) is 7.57. The van der Waals surface area contributed by atoms with Crippen LogP contribution >= 0.6 is 11.3 Å². The Labute approximate surface area is 128 Å². The Morgan fingerprint density at radius 1 is 1.24 bits per heavy atom. The van der Waals surface area contributed by atoms with Gasteiger partial charge in [-0.2, -0.15) is 0 Å². The molecular weight excluding hydrogens is 280 g/mol. The highest BCUT2D eigenvalue weighted by molar-refractivity contribution is 7.22. The monoisotopic (exact) mass is 298 g/mol. The second-order valence-electron chi connectivity index (χ2n) is 6.05. The second-order valence-corrected chi connectivity index (χ2v) is 7.06. The van der Waals surface area contributed by atoms with E-state index in [0.29, 0.717) is 11.8 Å². The van der Waals surface area contributed by atoms with Crippen LogP contribution in [0.1, 0.15) is 25.7 Å². The maximum absolute atomic E-state index is 12.5. The van der Waals surface area contributed by atoms with Crippen LogP contribution in [-0.2, 0) is 4.79 Å². The lowest BCUT2D eigenvalue weighted by Gasteiger charge is -2.12. The first-order valence-corrected chi connectivity index (χ1v) is 8.39. The minimum atomic E-state index is 0.0721. The van der Waals surface area contributed by atoms with Crippen molar-refractivity contribution in [3.05, 3.63) is 35.9 Å². The topological polar surface area (TPSA) is 33.2 Å². The lowest BCUT2D eigenvalue weighted by molar-refractivity contribution is -0.114. The summed E-state index contributed by atoms with van der Waals surface area (Å²) in [6, 6.07) is 8.02. The molecule has 3 nitrogen and oxygen atoms in total. The lowest BCUT2D eigenvalue weighted by atomic mass is 10.1. The minimum absolute atomic E-state index is 0.0721. The van der Waals surface area contributed by atoms with E-state index in [1.54, 1.807) is 16.2 Å². The van der Waals surface area contributed by atoms with Gasteiger partial charge in [0, 0.05) is 13.1 Å². The summed E-state index contributed by atoms with van der Waals surface area (Å²) in [7, 11) is 1.83. The van der Waals surface area contributed by atoms with Gasteiger partial charge >= 0.3 is 0 Å². The zero-order valence-corrected chi connectivity index (χ0v) is 12.9. The van der Waals surface area contributed by atoms with Crippen molar-refractivity contribution in [1.29, 1.82) is 0 Å². The summed E-state index contributed by atoms with van der Waals surface area (Å²) >= 11 is 1.57. The molecule has 0 spiro atoms. The Hall–Kier alpha value is -1.68. The Morgan fingerprint density at radius 3 is 2.52 bits per heavy atom. The third-order valence-corrected chi connectivity index (χ3v) is 5.40. The molecule has 2 aromatic rings. The zero-order valence-electron chi connectivity index (χ0n) is 12.1. The van der Waals surface area contributed by atoms with Crippen LogP contribution in [0.4, 0.5) is 5.13 Å². The van der Waals surface area contributed by atoms with Gasteiger partial charge in [-0.1, -0.05) is 29.0 Å². The molecule has 2 fully saturated rings. The number of carbonyl (C=O) groups excluding carboxylic acids is 1. The molecule has 0 N–H and O–H groups in total. The summed E-state index contributed by atoms with van der Waals surface area (Å²) < 4.78 is 1.13. The number of hydrogen-bond donors (Lipinski definition) is 0. The van der Waals surface area contributed by atoms with E-state index in [9.17, 15) is 4.79 Å². The Morgan fingerprint density at radius 2 is 1.90 bits per heavy atom. The predicted octanol–water partition coefficient (Wildman–Crippen LogP) is 4.01. The molecule has 2 aliphatic carbocycles. The van der Waals surface area contributed by atoms with Crippen LogP contribution in [0.5, 0.6) is 0 Å². The van der Waals surface area contributed by atoms with Crippen molar-refractivity contribution in [1.82, 2.24) is 4.98 Å². The molecule has 0 atom stereocenters. The molecule has 0 radical (unpaired) electrons. The molecule has 0 unspecified atom stereocenters. The second kappa shape index (κ2) is 4.95. The lowest BCUT2D eigenvalue weighted by Crippen LogP contribution is -2.24. The SMILES string of the molecule is CN(C(=O)C=C(C1CC1)C1CC1)c1nc2ccccc2s1. The summed E-state index contributed by atoms with van der Waals surface area (Å²) in [5.74, 6) is 1.44. The average Bonchev–Trinajstić information content (AvgIpc) is 3.40. The molecule has 2 aliphatic rings. The molecule has 1 aromatic heterocycles. The third-order valence-electron chi connectivity index (χ3n) is 4.29. The number of hydrogen-bond acceptors (Lipinski definition) is 3. The maximum Gasteiger partial charge on any atom is 0.252 e. The fourth-order valence-electron chi connectivity index (χ4n) is 2.74.